The van der Waals surface area contributed by atoms with Crippen molar-refractivity contribution in [1.82, 2.24) is 4.98 Å². The molecule has 1 aromatic heterocycles. The van der Waals surface area contributed by atoms with Gasteiger partial charge in [-0.1, -0.05) is 18.2 Å². The van der Waals surface area contributed by atoms with Gasteiger partial charge in [-0.15, -0.1) is 0 Å². The SMILES string of the molecule is CC(C)(C)Nc1cc(C(=O)O)nc2ccccc12. The second-order valence-electron chi connectivity index (χ2n) is 5.25. The standard InChI is InChI=1S/C14H16N2O2/c1-14(2,3)16-11-8-12(13(17)18)15-10-7-5-4-6-9(10)11/h4-8H,1-3H3,(H,15,16)(H,17,18). The van der Waals surface area contributed by atoms with E-state index >= 15 is 0 Å². The summed E-state index contributed by atoms with van der Waals surface area (Å²) < 4.78 is 0. The molecule has 0 bridgehead atoms. The topological polar surface area (TPSA) is 62.2 Å². The van der Waals surface area contributed by atoms with Gasteiger partial charge in [-0.2, -0.15) is 0 Å². The van der Waals surface area contributed by atoms with E-state index in [0.29, 0.717) is 5.52 Å². The van der Waals surface area contributed by atoms with Gasteiger partial charge in [0.1, 0.15) is 0 Å². The van der Waals surface area contributed by atoms with Crippen LogP contribution in [0.2, 0.25) is 0 Å². The van der Waals surface area contributed by atoms with E-state index in [-0.39, 0.29) is 11.2 Å². The largest absolute Gasteiger partial charge is 0.477 e. The lowest BCUT2D eigenvalue weighted by atomic mass is 10.1. The van der Waals surface area contributed by atoms with Crippen molar-refractivity contribution < 1.29 is 9.90 Å². The van der Waals surface area contributed by atoms with Crippen LogP contribution in [-0.4, -0.2) is 21.6 Å². The number of para-hydroxylation sites is 1. The van der Waals surface area contributed by atoms with E-state index in [0.717, 1.165) is 11.1 Å². The molecule has 1 heterocycles. The molecule has 2 N–H and O–H groups in total. The first-order valence-corrected chi connectivity index (χ1v) is 5.78. The molecule has 0 saturated heterocycles. The zero-order valence-corrected chi connectivity index (χ0v) is 10.7. The van der Waals surface area contributed by atoms with Crippen LogP contribution in [0.1, 0.15) is 31.3 Å². The number of anilines is 1. The van der Waals surface area contributed by atoms with E-state index in [1.165, 1.54) is 0 Å². The van der Waals surface area contributed by atoms with Crippen molar-refractivity contribution in [2.75, 3.05) is 5.32 Å². The van der Waals surface area contributed by atoms with Crippen LogP contribution < -0.4 is 5.32 Å². The van der Waals surface area contributed by atoms with E-state index in [2.05, 4.69) is 10.3 Å². The predicted octanol–water partition coefficient (Wildman–Crippen LogP) is 3.14. The van der Waals surface area contributed by atoms with E-state index < -0.39 is 5.97 Å². The summed E-state index contributed by atoms with van der Waals surface area (Å²) in [6.45, 7) is 6.09. The van der Waals surface area contributed by atoms with Crippen LogP contribution in [0.25, 0.3) is 10.9 Å². The molecule has 4 nitrogen and oxygen atoms in total. The van der Waals surface area contributed by atoms with Crippen molar-refractivity contribution >= 4 is 22.6 Å². The van der Waals surface area contributed by atoms with Crippen LogP contribution in [0.3, 0.4) is 0 Å². The summed E-state index contributed by atoms with van der Waals surface area (Å²) in [5.74, 6) is -1.02. The van der Waals surface area contributed by atoms with E-state index in [9.17, 15) is 4.79 Å². The van der Waals surface area contributed by atoms with Gasteiger partial charge < -0.3 is 10.4 Å². The molecule has 1 aromatic carbocycles. The number of pyridine rings is 1. The van der Waals surface area contributed by atoms with Gasteiger partial charge in [0.2, 0.25) is 0 Å². The van der Waals surface area contributed by atoms with Gasteiger partial charge in [0.25, 0.3) is 0 Å². The van der Waals surface area contributed by atoms with E-state index in [4.69, 9.17) is 5.11 Å². The molecule has 0 unspecified atom stereocenters. The first-order valence-electron chi connectivity index (χ1n) is 5.78. The zero-order valence-electron chi connectivity index (χ0n) is 10.7. The number of carboxylic acids is 1. The number of hydrogen-bond donors (Lipinski definition) is 2. The summed E-state index contributed by atoms with van der Waals surface area (Å²) in [7, 11) is 0. The molecule has 0 atom stereocenters. The monoisotopic (exact) mass is 244 g/mol. The van der Waals surface area contributed by atoms with Gasteiger partial charge in [-0.05, 0) is 32.9 Å². The minimum atomic E-state index is -1.02. The van der Waals surface area contributed by atoms with Gasteiger partial charge in [-0.25, -0.2) is 9.78 Å². The fraction of sp³-hybridized carbons (Fsp3) is 0.286. The third-order valence-corrected chi connectivity index (χ3v) is 2.44. The lowest BCUT2D eigenvalue weighted by Gasteiger charge is -2.23. The van der Waals surface area contributed by atoms with Crippen LogP contribution in [0.15, 0.2) is 30.3 Å². The summed E-state index contributed by atoms with van der Waals surface area (Å²) >= 11 is 0. The maximum Gasteiger partial charge on any atom is 0.354 e. The number of fused-ring (bicyclic) bond motifs is 1. The smallest absolute Gasteiger partial charge is 0.354 e. The summed E-state index contributed by atoms with van der Waals surface area (Å²) in [5, 5.41) is 13.3. The summed E-state index contributed by atoms with van der Waals surface area (Å²) in [5.41, 5.74) is 1.40. The van der Waals surface area contributed by atoms with Gasteiger partial charge in [-0.3, -0.25) is 0 Å². The third-order valence-electron chi connectivity index (χ3n) is 2.44. The first-order chi connectivity index (χ1) is 8.37. The van der Waals surface area contributed by atoms with Crippen LogP contribution >= 0.6 is 0 Å². The maximum atomic E-state index is 11.1. The number of nitrogens with zero attached hydrogens (tertiary/aromatic N) is 1. The van der Waals surface area contributed by atoms with Crippen LogP contribution in [0.4, 0.5) is 5.69 Å². The number of aromatic nitrogens is 1. The number of carbonyl (C=O) groups is 1. The molecule has 0 spiro atoms. The summed E-state index contributed by atoms with van der Waals surface area (Å²) in [4.78, 5) is 15.2. The Balaban J connectivity index is 2.64. The molecule has 2 rings (SSSR count). The highest BCUT2D eigenvalue weighted by Gasteiger charge is 2.15. The van der Waals surface area contributed by atoms with Crippen molar-refractivity contribution in [1.29, 1.82) is 0 Å². The molecular weight excluding hydrogens is 228 g/mol. The molecule has 0 radical (unpaired) electrons. The Morgan fingerprint density at radius 3 is 2.56 bits per heavy atom. The molecule has 0 amide bonds. The first kappa shape index (κ1) is 12.4. The Bertz CT molecular complexity index is 600. The molecule has 0 fully saturated rings. The Morgan fingerprint density at radius 2 is 1.94 bits per heavy atom. The number of nitrogens with one attached hydrogen (secondary N) is 1. The minimum Gasteiger partial charge on any atom is -0.477 e. The Labute approximate surface area is 106 Å². The molecule has 0 aliphatic rings. The number of carboxylic acid groups (broad SMARTS) is 1. The molecule has 0 aliphatic heterocycles. The second kappa shape index (κ2) is 4.29. The molecule has 4 heteroatoms. The fourth-order valence-corrected chi connectivity index (χ4v) is 1.79. The second-order valence-corrected chi connectivity index (χ2v) is 5.25. The molecule has 94 valence electrons. The van der Waals surface area contributed by atoms with Gasteiger partial charge >= 0.3 is 5.97 Å². The predicted molar refractivity (Wildman–Crippen MR) is 72.1 cm³/mol. The van der Waals surface area contributed by atoms with Crippen LogP contribution in [-0.2, 0) is 0 Å². The number of rotatable bonds is 2. The molecular formula is C14H16N2O2. The van der Waals surface area contributed by atoms with Gasteiger partial charge in [0.05, 0.1) is 5.52 Å². The number of hydrogen-bond acceptors (Lipinski definition) is 3. The van der Waals surface area contributed by atoms with Gasteiger partial charge in [0, 0.05) is 16.6 Å². The fourth-order valence-electron chi connectivity index (χ4n) is 1.79. The molecule has 18 heavy (non-hydrogen) atoms. The number of benzene rings is 1. The average molecular weight is 244 g/mol. The minimum absolute atomic E-state index is 0.0560. The van der Waals surface area contributed by atoms with Crippen molar-refractivity contribution in [3.05, 3.63) is 36.0 Å². The van der Waals surface area contributed by atoms with Crippen molar-refractivity contribution in [3.63, 3.8) is 0 Å². The highest BCUT2D eigenvalue weighted by Crippen LogP contribution is 2.25. The van der Waals surface area contributed by atoms with Gasteiger partial charge in [0.15, 0.2) is 5.69 Å². The highest BCUT2D eigenvalue weighted by molar-refractivity contribution is 5.97. The lowest BCUT2D eigenvalue weighted by Crippen LogP contribution is -2.26. The Kier molecular flexibility index (Phi) is 2.95. The molecule has 2 aromatic rings. The Morgan fingerprint density at radius 1 is 1.28 bits per heavy atom. The van der Waals surface area contributed by atoms with Crippen molar-refractivity contribution in [2.24, 2.45) is 0 Å². The molecule has 0 saturated carbocycles. The summed E-state index contributed by atoms with van der Waals surface area (Å²) in [6, 6.07) is 9.09. The third kappa shape index (κ3) is 2.59. The normalized spacial score (nSPS) is 11.5. The highest BCUT2D eigenvalue weighted by atomic mass is 16.4. The van der Waals surface area contributed by atoms with E-state index in [1.54, 1.807) is 6.07 Å². The maximum absolute atomic E-state index is 11.1. The zero-order chi connectivity index (χ0) is 13.3. The lowest BCUT2D eigenvalue weighted by molar-refractivity contribution is 0.0691. The summed E-state index contributed by atoms with van der Waals surface area (Å²) in [6.07, 6.45) is 0. The number of aromatic carboxylic acids is 1. The van der Waals surface area contributed by atoms with E-state index in [1.807, 2.05) is 45.0 Å². The average Bonchev–Trinajstić information content (AvgIpc) is 2.26. The van der Waals surface area contributed by atoms with Crippen molar-refractivity contribution in [2.45, 2.75) is 26.3 Å². The Hall–Kier alpha value is -2.10. The van der Waals surface area contributed by atoms with Crippen LogP contribution in [0, 0.1) is 0 Å². The quantitative estimate of drug-likeness (QED) is 0.851. The van der Waals surface area contributed by atoms with Crippen LogP contribution in [0.5, 0.6) is 0 Å². The molecule has 0 aliphatic carbocycles. The van der Waals surface area contributed by atoms with Crippen molar-refractivity contribution in [3.8, 4) is 0 Å².